The Hall–Kier alpha value is -2.86. The molecular weight excluding hydrogens is 482 g/mol. The standard InChI is InChI=1S/C23H24F6N2O4/c1-11-16(13-6-7-14(25)17(26)18(13)34-4)19(35-22(11,3)23(27,28)29)20(32)31-12-5-8-15(30-9-12)21(2,33)10-24/h5-9,11,16,19,33H,10H2,1-4H3,(H,31,32)/t11-,16-,19+,21?,22+/m0/s1. The summed E-state index contributed by atoms with van der Waals surface area (Å²) in [6, 6.07) is 4.30. The molecule has 1 aromatic carbocycles. The number of anilines is 1. The number of rotatable bonds is 6. The minimum absolute atomic E-state index is 0.0290. The summed E-state index contributed by atoms with van der Waals surface area (Å²) in [5.41, 5.74) is -4.83. The zero-order chi connectivity index (χ0) is 26.3. The zero-order valence-corrected chi connectivity index (χ0v) is 19.2. The number of halogens is 6. The van der Waals surface area contributed by atoms with Crippen molar-refractivity contribution in [3.8, 4) is 5.75 Å². The van der Waals surface area contributed by atoms with Gasteiger partial charge in [0.1, 0.15) is 18.4 Å². The van der Waals surface area contributed by atoms with E-state index < -0.39 is 65.3 Å². The molecule has 2 N–H and O–H groups in total. The molecule has 2 heterocycles. The van der Waals surface area contributed by atoms with E-state index in [0.29, 0.717) is 0 Å². The predicted molar refractivity (Wildman–Crippen MR) is 113 cm³/mol. The number of benzene rings is 1. The van der Waals surface area contributed by atoms with Gasteiger partial charge in [-0.1, -0.05) is 13.0 Å². The van der Waals surface area contributed by atoms with Crippen LogP contribution in [-0.2, 0) is 15.1 Å². The summed E-state index contributed by atoms with van der Waals surface area (Å²) in [6.07, 6.45) is -5.58. The summed E-state index contributed by atoms with van der Waals surface area (Å²) in [6.45, 7) is 2.05. The van der Waals surface area contributed by atoms with Gasteiger partial charge in [-0.15, -0.1) is 0 Å². The van der Waals surface area contributed by atoms with Crippen molar-refractivity contribution in [3.63, 3.8) is 0 Å². The van der Waals surface area contributed by atoms with Crippen LogP contribution in [0.2, 0.25) is 0 Å². The van der Waals surface area contributed by atoms with E-state index in [9.17, 15) is 36.2 Å². The summed E-state index contributed by atoms with van der Waals surface area (Å²) < 4.78 is 93.3. The Kier molecular flexibility index (Phi) is 7.11. The van der Waals surface area contributed by atoms with Gasteiger partial charge in [-0.2, -0.15) is 17.6 Å². The van der Waals surface area contributed by atoms with E-state index in [4.69, 9.17) is 9.47 Å². The maximum atomic E-state index is 14.4. The van der Waals surface area contributed by atoms with Crippen molar-refractivity contribution in [1.82, 2.24) is 4.98 Å². The van der Waals surface area contributed by atoms with Gasteiger partial charge in [0.25, 0.3) is 5.91 Å². The largest absolute Gasteiger partial charge is 0.493 e. The Morgan fingerprint density at radius 3 is 2.43 bits per heavy atom. The Morgan fingerprint density at radius 2 is 1.91 bits per heavy atom. The molecule has 0 saturated carbocycles. The van der Waals surface area contributed by atoms with Crippen molar-refractivity contribution in [1.29, 1.82) is 0 Å². The first-order chi connectivity index (χ1) is 16.2. The molecule has 1 saturated heterocycles. The number of methoxy groups -OCH3 is 1. The van der Waals surface area contributed by atoms with E-state index in [-0.39, 0.29) is 16.9 Å². The fourth-order valence-electron chi connectivity index (χ4n) is 4.11. The molecule has 1 fully saturated rings. The van der Waals surface area contributed by atoms with E-state index in [1.165, 1.54) is 26.0 Å². The fraction of sp³-hybridized carbons (Fsp3) is 0.478. The number of pyridine rings is 1. The molecule has 2 aromatic rings. The fourth-order valence-corrected chi connectivity index (χ4v) is 4.11. The highest BCUT2D eigenvalue weighted by Gasteiger charge is 2.65. The zero-order valence-electron chi connectivity index (χ0n) is 19.2. The van der Waals surface area contributed by atoms with E-state index in [0.717, 1.165) is 32.4 Å². The van der Waals surface area contributed by atoms with Gasteiger partial charge >= 0.3 is 6.18 Å². The van der Waals surface area contributed by atoms with E-state index >= 15 is 0 Å². The Morgan fingerprint density at radius 1 is 1.26 bits per heavy atom. The number of ether oxygens (including phenoxy) is 2. The maximum Gasteiger partial charge on any atom is 0.417 e. The number of hydrogen-bond acceptors (Lipinski definition) is 5. The van der Waals surface area contributed by atoms with Crippen molar-refractivity contribution in [2.45, 2.75) is 50.2 Å². The van der Waals surface area contributed by atoms with Gasteiger partial charge in [0.15, 0.2) is 17.2 Å². The summed E-state index contributed by atoms with van der Waals surface area (Å²) >= 11 is 0. The van der Waals surface area contributed by atoms with E-state index in [2.05, 4.69) is 10.3 Å². The van der Waals surface area contributed by atoms with Gasteiger partial charge < -0.3 is 19.9 Å². The van der Waals surface area contributed by atoms with Crippen LogP contribution in [0.1, 0.15) is 37.9 Å². The molecule has 5 atom stereocenters. The van der Waals surface area contributed by atoms with Gasteiger partial charge in [-0.05, 0) is 32.0 Å². The van der Waals surface area contributed by atoms with Crippen molar-refractivity contribution >= 4 is 11.6 Å². The minimum atomic E-state index is -4.90. The van der Waals surface area contributed by atoms with Crippen molar-refractivity contribution in [2.75, 3.05) is 19.1 Å². The van der Waals surface area contributed by atoms with Crippen LogP contribution in [0.25, 0.3) is 0 Å². The second-order valence-corrected chi connectivity index (χ2v) is 8.77. The maximum absolute atomic E-state index is 14.4. The number of carbonyl (C=O) groups excluding carboxylic acids is 1. The smallest absolute Gasteiger partial charge is 0.417 e. The molecule has 1 aliphatic heterocycles. The highest BCUT2D eigenvalue weighted by Crippen LogP contribution is 2.55. The second kappa shape index (κ2) is 9.30. The first kappa shape index (κ1) is 26.7. The SMILES string of the molecule is COc1c([C@H]2[C@H](C(=O)Nc3ccc(C(C)(O)CF)nc3)O[C@@](C)(C(F)(F)F)[C@H]2C)ccc(F)c1F. The van der Waals surface area contributed by atoms with Crippen molar-refractivity contribution < 1.29 is 45.7 Å². The Labute approximate surface area is 197 Å². The number of aromatic nitrogens is 1. The predicted octanol–water partition coefficient (Wildman–Crippen LogP) is 4.62. The van der Waals surface area contributed by atoms with Crippen LogP contribution in [0, 0.1) is 17.6 Å². The molecule has 0 bridgehead atoms. The van der Waals surface area contributed by atoms with Gasteiger partial charge in [-0.3, -0.25) is 9.78 Å². The number of hydrogen-bond donors (Lipinski definition) is 2. The van der Waals surface area contributed by atoms with Gasteiger partial charge in [0, 0.05) is 17.4 Å². The van der Waals surface area contributed by atoms with E-state index in [1.54, 1.807) is 0 Å². The van der Waals surface area contributed by atoms with Gasteiger partial charge in [0.2, 0.25) is 5.82 Å². The number of nitrogens with zero attached hydrogens (tertiary/aromatic N) is 1. The first-order valence-corrected chi connectivity index (χ1v) is 10.5. The Bertz CT molecular complexity index is 1090. The summed E-state index contributed by atoms with van der Waals surface area (Å²) in [4.78, 5) is 17.0. The summed E-state index contributed by atoms with van der Waals surface area (Å²) in [7, 11) is 1.03. The van der Waals surface area contributed by atoms with Crippen LogP contribution in [-0.4, -0.2) is 47.7 Å². The molecule has 12 heteroatoms. The van der Waals surface area contributed by atoms with Crippen LogP contribution in [0.15, 0.2) is 30.5 Å². The molecule has 6 nitrogen and oxygen atoms in total. The lowest BCUT2D eigenvalue weighted by molar-refractivity contribution is -0.272. The number of amides is 1. The second-order valence-electron chi connectivity index (χ2n) is 8.77. The molecule has 1 aliphatic rings. The third kappa shape index (κ3) is 4.68. The number of aliphatic hydroxyl groups is 1. The summed E-state index contributed by atoms with van der Waals surface area (Å²) in [5, 5.41) is 12.3. The van der Waals surface area contributed by atoms with Crippen LogP contribution < -0.4 is 10.1 Å². The number of nitrogens with one attached hydrogen (secondary N) is 1. The van der Waals surface area contributed by atoms with Crippen LogP contribution >= 0.6 is 0 Å². The molecule has 1 aromatic heterocycles. The highest BCUT2D eigenvalue weighted by molar-refractivity contribution is 5.95. The Balaban J connectivity index is 2.01. The minimum Gasteiger partial charge on any atom is -0.493 e. The van der Waals surface area contributed by atoms with Crippen molar-refractivity contribution in [2.24, 2.45) is 5.92 Å². The average molecular weight is 506 g/mol. The third-order valence-electron chi connectivity index (χ3n) is 6.41. The van der Waals surface area contributed by atoms with Crippen LogP contribution in [0.5, 0.6) is 5.75 Å². The number of alkyl halides is 4. The molecular formula is C23H24F6N2O4. The van der Waals surface area contributed by atoms with E-state index in [1.807, 2.05) is 0 Å². The summed E-state index contributed by atoms with van der Waals surface area (Å²) in [5.74, 6) is -7.09. The van der Waals surface area contributed by atoms with Crippen LogP contribution in [0.3, 0.4) is 0 Å². The molecule has 0 radical (unpaired) electrons. The lowest BCUT2D eigenvalue weighted by Gasteiger charge is -2.32. The average Bonchev–Trinajstić information content (AvgIpc) is 3.08. The lowest BCUT2D eigenvalue weighted by Crippen LogP contribution is -2.47. The van der Waals surface area contributed by atoms with Gasteiger partial charge in [0.05, 0.1) is 24.7 Å². The van der Waals surface area contributed by atoms with Crippen molar-refractivity contribution in [3.05, 3.63) is 53.4 Å². The molecule has 3 rings (SSSR count). The molecule has 1 unspecified atom stereocenters. The molecule has 1 amide bonds. The highest BCUT2D eigenvalue weighted by atomic mass is 19.4. The quantitative estimate of drug-likeness (QED) is 0.559. The van der Waals surface area contributed by atoms with Crippen LogP contribution in [0.4, 0.5) is 32.0 Å². The third-order valence-corrected chi connectivity index (χ3v) is 6.41. The lowest BCUT2D eigenvalue weighted by atomic mass is 9.77. The first-order valence-electron chi connectivity index (χ1n) is 10.5. The molecule has 0 spiro atoms. The molecule has 35 heavy (non-hydrogen) atoms. The number of carbonyl (C=O) groups is 1. The topological polar surface area (TPSA) is 80.7 Å². The normalized spacial score (nSPS) is 26.3. The molecule has 0 aliphatic carbocycles. The molecule has 192 valence electrons. The van der Waals surface area contributed by atoms with Gasteiger partial charge in [-0.25, -0.2) is 8.78 Å². The monoisotopic (exact) mass is 506 g/mol.